The molecule has 0 aliphatic heterocycles. The summed E-state index contributed by atoms with van der Waals surface area (Å²) in [6, 6.07) is 4.21. The molecule has 1 saturated carbocycles. The molecule has 1 fully saturated rings. The number of aryl methyl sites for hydroxylation is 1. The van der Waals surface area contributed by atoms with E-state index in [-0.39, 0.29) is 11.8 Å². The van der Waals surface area contributed by atoms with Gasteiger partial charge in [0.15, 0.2) is 0 Å². The summed E-state index contributed by atoms with van der Waals surface area (Å²) in [4.78, 5) is 10.9. The summed E-state index contributed by atoms with van der Waals surface area (Å²) in [6.45, 7) is 4.10. The molecular weight excluding hydrogens is 268 g/mol. The van der Waals surface area contributed by atoms with Gasteiger partial charge in [-0.25, -0.2) is 0 Å². The fourth-order valence-electron chi connectivity index (χ4n) is 2.35. The van der Waals surface area contributed by atoms with Crippen molar-refractivity contribution in [1.82, 2.24) is 0 Å². The molecule has 0 atom stereocenters. The van der Waals surface area contributed by atoms with Gasteiger partial charge >= 0.3 is 5.97 Å². The zero-order chi connectivity index (χ0) is 11.9. The van der Waals surface area contributed by atoms with E-state index < -0.39 is 5.97 Å². The highest BCUT2D eigenvalue weighted by Crippen LogP contribution is 2.53. The lowest BCUT2D eigenvalue weighted by Gasteiger charge is -2.18. The zero-order valence-corrected chi connectivity index (χ0v) is 11.1. The molecule has 1 aromatic carbocycles. The van der Waals surface area contributed by atoms with Gasteiger partial charge in [-0.2, -0.15) is 0 Å². The number of aliphatic carboxylic acids is 1. The van der Waals surface area contributed by atoms with E-state index in [0.717, 1.165) is 17.3 Å². The summed E-state index contributed by atoms with van der Waals surface area (Å²) in [5.41, 5.74) is 3.49. The quantitative estimate of drug-likeness (QED) is 0.920. The van der Waals surface area contributed by atoms with E-state index in [0.29, 0.717) is 0 Å². The Labute approximate surface area is 104 Å². The Balaban J connectivity index is 2.44. The molecule has 0 unspecified atom stereocenters. The van der Waals surface area contributed by atoms with Gasteiger partial charge in [0.05, 0.1) is 6.42 Å². The predicted molar refractivity (Wildman–Crippen MR) is 66.8 cm³/mol. The van der Waals surface area contributed by atoms with Crippen molar-refractivity contribution in [3.8, 4) is 0 Å². The van der Waals surface area contributed by atoms with Crippen molar-refractivity contribution < 1.29 is 9.90 Å². The number of benzene rings is 1. The highest BCUT2D eigenvalue weighted by Gasteiger charge is 2.47. The highest BCUT2D eigenvalue weighted by atomic mass is 79.9. The van der Waals surface area contributed by atoms with Gasteiger partial charge in [-0.3, -0.25) is 4.79 Å². The summed E-state index contributed by atoms with van der Waals surface area (Å²) in [6.07, 6.45) is 2.25. The first kappa shape index (κ1) is 11.6. The van der Waals surface area contributed by atoms with Gasteiger partial charge in [-0.1, -0.05) is 22.0 Å². The second-order valence-electron chi connectivity index (χ2n) is 4.77. The van der Waals surface area contributed by atoms with Gasteiger partial charge < -0.3 is 5.11 Å². The Bertz CT molecular complexity index is 447. The fourth-order valence-corrected chi connectivity index (χ4v) is 2.92. The Hall–Kier alpha value is -0.830. The Morgan fingerprint density at radius 3 is 2.56 bits per heavy atom. The van der Waals surface area contributed by atoms with Crippen LogP contribution in [0.4, 0.5) is 0 Å². The topological polar surface area (TPSA) is 37.3 Å². The third kappa shape index (κ3) is 2.01. The van der Waals surface area contributed by atoms with Crippen LogP contribution < -0.4 is 0 Å². The van der Waals surface area contributed by atoms with Crippen LogP contribution in [0.15, 0.2) is 16.6 Å². The van der Waals surface area contributed by atoms with E-state index in [9.17, 15) is 4.79 Å². The van der Waals surface area contributed by atoms with Crippen molar-refractivity contribution in [2.45, 2.75) is 38.5 Å². The van der Waals surface area contributed by atoms with Gasteiger partial charge in [0, 0.05) is 9.89 Å². The second kappa shape index (κ2) is 3.88. The molecule has 0 aromatic heterocycles. The van der Waals surface area contributed by atoms with Crippen molar-refractivity contribution in [1.29, 1.82) is 0 Å². The molecule has 1 N–H and O–H groups in total. The largest absolute Gasteiger partial charge is 0.481 e. The minimum Gasteiger partial charge on any atom is -0.481 e. The summed E-state index contributed by atoms with van der Waals surface area (Å²) in [5, 5.41) is 8.97. The molecule has 16 heavy (non-hydrogen) atoms. The summed E-state index contributed by atoms with van der Waals surface area (Å²) in [5.74, 6) is -0.700. The highest BCUT2D eigenvalue weighted by molar-refractivity contribution is 9.10. The maximum atomic E-state index is 10.9. The van der Waals surface area contributed by atoms with E-state index in [1.54, 1.807) is 0 Å². The molecular formula is C13H15BrO2. The number of hydrogen-bond acceptors (Lipinski definition) is 1. The van der Waals surface area contributed by atoms with Crippen LogP contribution in [-0.2, 0) is 10.2 Å². The minimum absolute atomic E-state index is 0.0928. The van der Waals surface area contributed by atoms with Crippen molar-refractivity contribution >= 4 is 21.9 Å². The molecule has 2 nitrogen and oxygen atoms in total. The van der Waals surface area contributed by atoms with Gasteiger partial charge in [0.2, 0.25) is 0 Å². The molecule has 1 aliphatic carbocycles. The molecule has 86 valence electrons. The smallest absolute Gasteiger partial charge is 0.304 e. The zero-order valence-electron chi connectivity index (χ0n) is 9.51. The summed E-state index contributed by atoms with van der Waals surface area (Å²) in [7, 11) is 0. The standard InChI is InChI=1S/C13H15BrO2/c1-8-5-10(9(2)11(14)6-8)13(3-4-13)7-12(15)16/h5-6H,3-4,7H2,1-2H3,(H,15,16). The van der Waals surface area contributed by atoms with Crippen LogP contribution >= 0.6 is 15.9 Å². The third-order valence-corrected chi connectivity index (χ3v) is 4.23. The molecule has 1 aliphatic rings. The molecule has 1 aromatic rings. The predicted octanol–water partition coefficient (Wildman–Crippen LogP) is 3.57. The molecule has 0 spiro atoms. The maximum Gasteiger partial charge on any atom is 0.304 e. The molecule has 0 heterocycles. The third-order valence-electron chi connectivity index (χ3n) is 3.40. The van der Waals surface area contributed by atoms with Gasteiger partial charge in [0.1, 0.15) is 0 Å². The Morgan fingerprint density at radius 2 is 2.06 bits per heavy atom. The van der Waals surface area contributed by atoms with Crippen LogP contribution in [0.5, 0.6) is 0 Å². The van der Waals surface area contributed by atoms with Crippen molar-refractivity contribution in [3.63, 3.8) is 0 Å². The van der Waals surface area contributed by atoms with Crippen LogP contribution in [0.3, 0.4) is 0 Å². The monoisotopic (exact) mass is 282 g/mol. The van der Waals surface area contributed by atoms with Gasteiger partial charge in [-0.05, 0) is 49.4 Å². The number of halogens is 1. The molecule has 0 bridgehead atoms. The number of hydrogen-bond donors (Lipinski definition) is 1. The van der Waals surface area contributed by atoms with Crippen molar-refractivity contribution in [2.24, 2.45) is 0 Å². The van der Waals surface area contributed by atoms with E-state index in [1.165, 1.54) is 16.7 Å². The molecule has 0 amide bonds. The first-order chi connectivity index (χ1) is 7.44. The molecule has 0 radical (unpaired) electrons. The van der Waals surface area contributed by atoms with Crippen LogP contribution in [0.25, 0.3) is 0 Å². The summed E-state index contributed by atoms with van der Waals surface area (Å²) >= 11 is 3.54. The van der Waals surface area contributed by atoms with E-state index in [4.69, 9.17) is 5.11 Å². The van der Waals surface area contributed by atoms with E-state index >= 15 is 0 Å². The van der Waals surface area contributed by atoms with Crippen molar-refractivity contribution in [3.05, 3.63) is 33.3 Å². The second-order valence-corrected chi connectivity index (χ2v) is 5.62. The maximum absolute atomic E-state index is 10.9. The van der Waals surface area contributed by atoms with Crippen molar-refractivity contribution in [2.75, 3.05) is 0 Å². The SMILES string of the molecule is Cc1cc(Br)c(C)c(C2(CC(=O)O)CC2)c1. The average molecular weight is 283 g/mol. The summed E-state index contributed by atoms with van der Waals surface area (Å²) < 4.78 is 1.08. The first-order valence-corrected chi connectivity index (χ1v) is 6.23. The lowest BCUT2D eigenvalue weighted by Crippen LogP contribution is -2.14. The number of carboxylic acids is 1. The van der Waals surface area contributed by atoms with Gasteiger partial charge in [0.25, 0.3) is 0 Å². The average Bonchev–Trinajstić information content (AvgIpc) is 2.91. The molecule has 0 saturated heterocycles. The number of carbonyl (C=O) groups is 1. The molecule has 3 heteroatoms. The van der Waals surface area contributed by atoms with Crippen LogP contribution in [0.1, 0.15) is 36.0 Å². The number of carboxylic acid groups (broad SMARTS) is 1. The normalized spacial score (nSPS) is 17.2. The Kier molecular flexibility index (Phi) is 2.82. The van der Waals surface area contributed by atoms with Crippen LogP contribution in [-0.4, -0.2) is 11.1 Å². The fraction of sp³-hybridized carbons (Fsp3) is 0.462. The lowest BCUT2D eigenvalue weighted by atomic mass is 9.88. The number of rotatable bonds is 3. The van der Waals surface area contributed by atoms with Crippen LogP contribution in [0.2, 0.25) is 0 Å². The van der Waals surface area contributed by atoms with Gasteiger partial charge in [-0.15, -0.1) is 0 Å². The minimum atomic E-state index is -0.700. The Morgan fingerprint density at radius 1 is 1.44 bits per heavy atom. The van der Waals surface area contributed by atoms with E-state index in [2.05, 4.69) is 35.0 Å². The first-order valence-electron chi connectivity index (χ1n) is 5.44. The van der Waals surface area contributed by atoms with Crippen LogP contribution in [0, 0.1) is 13.8 Å². The lowest BCUT2D eigenvalue weighted by molar-refractivity contribution is -0.137. The molecule has 2 rings (SSSR count). The van der Waals surface area contributed by atoms with E-state index in [1.807, 2.05) is 6.92 Å².